The van der Waals surface area contributed by atoms with Crippen LogP contribution in [0, 0.1) is 0 Å². The van der Waals surface area contributed by atoms with Gasteiger partial charge in [0.05, 0.1) is 6.04 Å². The average Bonchev–Trinajstić information content (AvgIpc) is 3.22. The summed E-state index contributed by atoms with van der Waals surface area (Å²) in [7, 11) is 1.83. The second-order valence-electron chi connectivity index (χ2n) is 8.44. The molecule has 1 aliphatic heterocycles. The van der Waals surface area contributed by atoms with Crippen molar-refractivity contribution in [3.63, 3.8) is 0 Å². The SMILES string of the molecule is CC(C)N1CCN(c2ccc(C(=O)N(C)C(C)c3cc4ccccc4o3)cc2)CC1. The van der Waals surface area contributed by atoms with Crippen molar-refractivity contribution in [1.82, 2.24) is 9.80 Å². The van der Waals surface area contributed by atoms with Crippen LogP contribution in [0.2, 0.25) is 0 Å². The second-order valence-corrected chi connectivity index (χ2v) is 8.44. The van der Waals surface area contributed by atoms with Crippen LogP contribution in [0.1, 0.15) is 42.9 Å². The van der Waals surface area contributed by atoms with Crippen LogP contribution in [0.15, 0.2) is 59.0 Å². The van der Waals surface area contributed by atoms with Crippen LogP contribution in [-0.2, 0) is 0 Å². The Morgan fingerprint density at radius 1 is 0.967 bits per heavy atom. The molecular formula is C25H31N3O2. The molecule has 1 saturated heterocycles. The first-order valence-corrected chi connectivity index (χ1v) is 10.8. The molecule has 5 nitrogen and oxygen atoms in total. The molecule has 30 heavy (non-hydrogen) atoms. The molecular weight excluding hydrogens is 374 g/mol. The van der Waals surface area contributed by atoms with E-state index < -0.39 is 0 Å². The van der Waals surface area contributed by atoms with E-state index in [-0.39, 0.29) is 11.9 Å². The van der Waals surface area contributed by atoms with Gasteiger partial charge >= 0.3 is 0 Å². The van der Waals surface area contributed by atoms with E-state index in [0.717, 1.165) is 42.9 Å². The smallest absolute Gasteiger partial charge is 0.254 e. The van der Waals surface area contributed by atoms with Crippen molar-refractivity contribution in [3.05, 3.63) is 65.9 Å². The summed E-state index contributed by atoms with van der Waals surface area (Å²) in [6.45, 7) is 10.7. The highest BCUT2D eigenvalue weighted by molar-refractivity contribution is 5.94. The number of nitrogens with zero attached hydrogens (tertiary/aromatic N) is 3. The van der Waals surface area contributed by atoms with Crippen molar-refractivity contribution in [2.24, 2.45) is 0 Å². The minimum atomic E-state index is -0.145. The van der Waals surface area contributed by atoms with Crippen LogP contribution in [0.25, 0.3) is 11.0 Å². The van der Waals surface area contributed by atoms with Crippen LogP contribution < -0.4 is 4.90 Å². The lowest BCUT2D eigenvalue weighted by molar-refractivity contribution is 0.0727. The maximum absolute atomic E-state index is 13.0. The number of anilines is 1. The molecule has 0 N–H and O–H groups in total. The van der Waals surface area contributed by atoms with E-state index in [1.165, 1.54) is 5.69 Å². The largest absolute Gasteiger partial charge is 0.459 e. The summed E-state index contributed by atoms with van der Waals surface area (Å²) >= 11 is 0. The van der Waals surface area contributed by atoms with Crippen molar-refractivity contribution in [1.29, 1.82) is 0 Å². The van der Waals surface area contributed by atoms with E-state index in [4.69, 9.17) is 4.42 Å². The highest BCUT2D eigenvalue weighted by Crippen LogP contribution is 2.28. The summed E-state index contributed by atoms with van der Waals surface area (Å²) in [4.78, 5) is 19.7. The predicted octanol–water partition coefficient (Wildman–Crippen LogP) is 4.80. The van der Waals surface area contributed by atoms with Gasteiger partial charge in [0.1, 0.15) is 11.3 Å². The van der Waals surface area contributed by atoms with E-state index in [0.29, 0.717) is 11.6 Å². The summed E-state index contributed by atoms with van der Waals surface area (Å²) < 4.78 is 5.96. The third-order valence-corrected chi connectivity index (χ3v) is 6.28. The van der Waals surface area contributed by atoms with Crippen LogP contribution in [-0.4, -0.2) is 55.0 Å². The van der Waals surface area contributed by atoms with Gasteiger partial charge in [0.25, 0.3) is 5.91 Å². The number of hydrogen-bond acceptors (Lipinski definition) is 4. The van der Waals surface area contributed by atoms with Gasteiger partial charge in [0.15, 0.2) is 0 Å². The third-order valence-electron chi connectivity index (χ3n) is 6.28. The maximum atomic E-state index is 13.0. The van der Waals surface area contributed by atoms with Gasteiger partial charge in [-0.15, -0.1) is 0 Å². The van der Waals surface area contributed by atoms with Gasteiger partial charge in [-0.05, 0) is 57.2 Å². The number of carbonyl (C=O) groups excluding carboxylic acids is 1. The molecule has 0 bridgehead atoms. The molecule has 5 heteroatoms. The molecule has 1 aliphatic rings. The van der Waals surface area contributed by atoms with Crippen molar-refractivity contribution >= 4 is 22.6 Å². The summed E-state index contributed by atoms with van der Waals surface area (Å²) in [5, 5.41) is 1.06. The summed E-state index contributed by atoms with van der Waals surface area (Å²) in [6.07, 6.45) is 0. The lowest BCUT2D eigenvalue weighted by Crippen LogP contribution is -2.48. The maximum Gasteiger partial charge on any atom is 0.254 e. The van der Waals surface area contributed by atoms with Gasteiger partial charge < -0.3 is 14.2 Å². The van der Waals surface area contributed by atoms with E-state index in [9.17, 15) is 4.79 Å². The Kier molecular flexibility index (Phi) is 5.82. The lowest BCUT2D eigenvalue weighted by atomic mass is 10.1. The highest BCUT2D eigenvalue weighted by Gasteiger charge is 2.23. The monoisotopic (exact) mass is 405 g/mol. The Morgan fingerprint density at radius 3 is 2.27 bits per heavy atom. The fourth-order valence-electron chi connectivity index (χ4n) is 4.09. The topological polar surface area (TPSA) is 39.9 Å². The molecule has 2 heterocycles. The van der Waals surface area contributed by atoms with Crippen molar-refractivity contribution in [2.75, 3.05) is 38.1 Å². The molecule has 2 aromatic carbocycles. The number of para-hydroxylation sites is 1. The van der Waals surface area contributed by atoms with Gasteiger partial charge in [0, 0.05) is 55.9 Å². The second kappa shape index (κ2) is 8.52. The molecule has 1 amide bonds. The molecule has 4 rings (SSSR count). The quantitative estimate of drug-likeness (QED) is 0.612. The molecule has 1 atom stereocenters. The molecule has 1 fully saturated rings. The molecule has 3 aromatic rings. The van der Waals surface area contributed by atoms with Crippen LogP contribution in [0.4, 0.5) is 5.69 Å². The molecule has 0 radical (unpaired) electrons. The third kappa shape index (κ3) is 4.08. The summed E-state index contributed by atoms with van der Waals surface area (Å²) in [5.41, 5.74) is 2.73. The van der Waals surface area contributed by atoms with E-state index in [2.05, 4.69) is 35.8 Å². The number of carbonyl (C=O) groups is 1. The standard InChI is InChI=1S/C25H31N3O2/c1-18(2)27-13-15-28(16-14-27)22-11-9-20(10-12-22)25(29)26(4)19(3)24-17-21-7-5-6-8-23(21)30-24/h5-12,17-19H,13-16H2,1-4H3. The number of fused-ring (bicyclic) bond motifs is 1. The van der Waals surface area contributed by atoms with Crippen LogP contribution in [0.3, 0.4) is 0 Å². The number of furan rings is 1. The number of rotatable bonds is 5. The van der Waals surface area contributed by atoms with Crippen molar-refractivity contribution in [3.8, 4) is 0 Å². The Bertz CT molecular complexity index is 968. The highest BCUT2D eigenvalue weighted by atomic mass is 16.3. The zero-order chi connectivity index (χ0) is 21.3. The Labute approximate surface area is 178 Å². The molecule has 1 aromatic heterocycles. The molecule has 158 valence electrons. The first kappa shape index (κ1) is 20.5. The van der Waals surface area contributed by atoms with E-state index in [1.54, 1.807) is 4.90 Å². The van der Waals surface area contributed by atoms with Crippen LogP contribution >= 0.6 is 0 Å². The van der Waals surface area contributed by atoms with Gasteiger partial charge in [-0.2, -0.15) is 0 Å². The van der Waals surface area contributed by atoms with Crippen LogP contribution in [0.5, 0.6) is 0 Å². The van der Waals surface area contributed by atoms with Gasteiger partial charge in [0.2, 0.25) is 0 Å². The predicted molar refractivity (Wildman–Crippen MR) is 122 cm³/mol. The van der Waals surface area contributed by atoms with E-state index in [1.807, 2.05) is 56.4 Å². The number of amides is 1. The van der Waals surface area contributed by atoms with Crippen molar-refractivity contribution in [2.45, 2.75) is 32.9 Å². The van der Waals surface area contributed by atoms with Gasteiger partial charge in [-0.25, -0.2) is 0 Å². The number of hydrogen-bond donors (Lipinski definition) is 0. The fourth-order valence-corrected chi connectivity index (χ4v) is 4.09. The van der Waals surface area contributed by atoms with E-state index >= 15 is 0 Å². The van der Waals surface area contributed by atoms with Gasteiger partial charge in [-0.3, -0.25) is 9.69 Å². The normalized spacial score (nSPS) is 16.2. The molecule has 1 unspecified atom stereocenters. The molecule has 0 aliphatic carbocycles. The molecule has 0 spiro atoms. The lowest BCUT2D eigenvalue weighted by Gasteiger charge is -2.38. The molecule has 0 saturated carbocycles. The Balaban J connectivity index is 1.42. The number of benzene rings is 2. The average molecular weight is 406 g/mol. The van der Waals surface area contributed by atoms with Crippen molar-refractivity contribution < 1.29 is 9.21 Å². The minimum Gasteiger partial charge on any atom is -0.459 e. The Morgan fingerprint density at radius 2 is 1.63 bits per heavy atom. The van der Waals surface area contributed by atoms with Gasteiger partial charge in [-0.1, -0.05) is 18.2 Å². The Hall–Kier alpha value is -2.79. The summed E-state index contributed by atoms with van der Waals surface area (Å²) in [5.74, 6) is 0.797. The zero-order valence-electron chi connectivity index (χ0n) is 18.3. The zero-order valence-corrected chi connectivity index (χ0v) is 18.3. The minimum absolute atomic E-state index is 0.000803. The first-order valence-electron chi connectivity index (χ1n) is 10.8. The first-order chi connectivity index (χ1) is 14.4. The fraction of sp³-hybridized carbons (Fsp3) is 0.400. The summed E-state index contributed by atoms with van der Waals surface area (Å²) in [6, 6.07) is 18.4. The number of piperazine rings is 1.